The predicted molar refractivity (Wildman–Crippen MR) is 164 cm³/mol. The predicted octanol–water partition coefficient (Wildman–Crippen LogP) is 9.41. The van der Waals surface area contributed by atoms with Crippen LogP contribution in [0.2, 0.25) is 0 Å². The molecule has 1 aliphatic carbocycles. The SMILES string of the molecule is CC(C)C(C#N)(CCCN1CCC(=C2c3ccccc3C=Cc3ccccc32)CC1)c1cccc(C(F)(F)F)c1.Cl. The van der Waals surface area contributed by atoms with Gasteiger partial charge in [-0.2, -0.15) is 18.4 Å². The minimum absolute atomic E-state index is 0. The summed E-state index contributed by atoms with van der Waals surface area (Å²) in [5.74, 6) is -0.109. The zero-order valence-corrected chi connectivity index (χ0v) is 24.4. The highest BCUT2D eigenvalue weighted by atomic mass is 35.5. The summed E-state index contributed by atoms with van der Waals surface area (Å²) < 4.78 is 40.2. The molecule has 0 saturated carbocycles. The maximum Gasteiger partial charge on any atom is 0.416 e. The van der Waals surface area contributed by atoms with Crippen LogP contribution in [-0.4, -0.2) is 24.5 Å². The topological polar surface area (TPSA) is 27.0 Å². The van der Waals surface area contributed by atoms with Crippen LogP contribution in [0.1, 0.15) is 72.9 Å². The van der Waals surface area contributed by atoms with Crippen LogP contribution in [-0.2, 0) is 11.6 Å². The summed E-state index contributed by atoms with van der Waals surface area (Å²) >= 11 is 0. The Morgan fingerprint density at radius 2 is 1.39 bits per heavy atom. The van der Waals surface area contributed by atoms with Crippen molar-refractivity contribution < 1.29 is 13.2 Å². The number of alkyl halides is 3. The lowest BCUT2D eigenvalue weighted by Gasteiger charge is -2.34. The molecule has 0 bridgehead atoms. The van der Waals surface area contributed by atoms with E-state index in [2.05, 4.69) is 71.7 Å². The zero-order chi connectivity index (χ0) is 28.3. The van der Waals surface area contributed by atoms with Crippen LogP contribution >= 0.6 is 12.4 Å². The number of halogens is 4. The van der Waals surface area contributed by atoms with Crippen LogP contribution in [0.4, 0.5) is 13.2 Å². The normalized spacial score (nSPS) is 16.7. The van der Waals surface area contributed by atoms with E-state index in [0.29, 0.717) is 12.0 Å². The van der Waals surface area contributed by atoms with Crippen LogP contribution < -0.4 is 0 Å². The molecule has 0 N–H and O–H groups in total. The highest BCUT2D eigenvalue weighted by Gasteiger charge is 2.38. The van der Waals surface area contributed by atoms with Gasteiger partial charge in [0, 0.05) is 13.1 Å². The molecule has 41 heavy (non-hydrogen) atoms. The van der Waals surface area contributed by atoms with Crippen LogP contribution in [0.25, 0.3) is 17.7 Å². The summed E-state index contributed by atoms with van der Waals surface area (Å²) in [5.41, 5.74) is 6.67. The molecule has 2 nitrogen and oxygen atoms in total. The first-order valence-corrected chi connectivity index (χ1v) is 14.1. The van der Waals surface area contributed by atoms with Crippen LogP contribution in [0, 0.1) is 17.2 Å². The van der Waals surface area contributed by atoms with Gasteiger partial charge in [-0.3, -0.25) is 0 Å². The number of hydrogen-bond donors (Lipinski definition) is 0. The molecule has 214 valence electrons. The standard InChI is InChI=1S/C35H35F3N2.ClH/c1-25(2)34(24-39,29-11-7-12-30(23-29)35(36,37)38)19-8-20-40-21-17-28(18-22-40)33-31-13-5-3-9-26(31)15-16-27-10-4-6-14-32(27)33;/h3-7,9-16,23,25H,8,17-22H2,1-2H3;1H. The van der Waals surface area contributed by atoms with E-state index < -0.39 is 17.2 Å². The average molecular weight is 577 g/mol. The van der Waals surface area contributed by atoms with Crippen molar-refractivity contribution in [2.45, 2.75) is 51.1 Å². The number of benzene rings is 3. The van der Waals surface area contributed by atoms with Gasteiger partial charge in [-0.15, -0.1) is 12.4 Å². The molecule has 1 fully saturated rings. The molecule has 0 spiro atoms. The fraction of sp³-hybridized carbons (Fsp3) is 0.343. The molecule has 5 rings (SSSR count). The number of piperidine rings is 1. The Bertz CT molecular complexity index is 1420. The first kappa shape index (κ1) is 30.6. The third-order valence-corrected chi connectivity index (χ3v) is 8.65. The first-order chi connectivity index (χ1) is 19.2. The third kappa shape index (κ3) is 6.30. The van der Waals surface area contributed by atoms with Gasteiger partial charge in [0.15, 0.2) is 0 Å². The van der Waals surface area contributed by atoms with Gasteiger partial charge in [-0.1, -0.05) is 98.3 Å². The van der Waals surface area contributed by atoms with E-state index in [1.807, 2.05) is 13.8 Å². The summed E-state index contributed by atoms with van der Waals surface area (Å²) in [7, 11) is 0. The van der Waals surface area contributed by atoms with Crippen molar-refractivity contribution in [1.82, 2.24) is 4.90 Å². The molecular weight excluding hydrogens is 541 g/mol. The Kier molecular flexibility index (Phi) is 9.47. The van der Waals surface area contributed by atoms with Gasteiger partial charge in [0.25, 0.3) is 0 Å². The molecule has 6 heteroatoms. The Labute approximate surface area is 247 Å². The highest BCUT2D eigenvalue weighted by Crippen LogP contribution is 2.41. The van der Waals surface area contributed by atoms with E-state index in [1.165, 1.54) is 45.5 Å². The Hall–Kier alpha value is -3.33. The number of hydrogen-bond acceptors (Lipinski definition) is 2. The van der Waals surface area contributed by atoms with Crippen molar-refractivity contribution in [1.29, 1.82) is 5.26 Å². The van der Waals surface area contributed by atoms with Gasteiger partial charge in [-0.25, -0.2) is 0 Å². The lowest BCUT2D eigenvalue weighted by Crippen LogP contribution is -2.35. The fourth-order valence-corrected chi connectivity index (χ4v) is 6.31. The molecule has 3 aromatic rings. The number of rotatable bonds is 6. The lowest BCUT2D eigenvalue weighted by atomic mass is 9.69. The summed E-state index contributed by atoms with van der Waals surface area (Å²) in [4.78, 5) is 2.44. The number of likely N-dealkylation sites (tertiary alicyclic amines) is 1. The number of fused-ring (bicyclic) bond motifs is 2. The fourth-order valence-electron chi connectivity index (χ4n) is 6.31. The molecule has 2 aliphatic rings. The molecule has 1 unspecified atom stereocenters. The maximum absolute atomic E-state index is 13.4. The minimum Gasteiger partial charge on any atom is -0.303 e. The second-order valence-electron chi connectivity index (χ2n) is 11.2. The molecular formula is C35H36ClF3N2. The molecule has 0 aromatic heterocycles. The summed E-state index contributed by atoms with van der Waals surface area (Å²) in [6.07, 6.45) is 3.21. The van der Waals surface area contributed by atoms with Gasteiger partial charge in [0.2, 0.25) is 0 Å². The van der Waals surface area contributed by atoms with E-state index in [1.54, 1.807) is 6.07 Å². The van der Waals surface area contributed by atoms with E-state index in [-0.39, 0.29) is 18.3 Å². The van der Waals surface area contributed by atoms with Crippen molar-refractivity contribution in [3.63, 3.8) is 0 Å². The van der Waals surface area contributed by atoms with Crippen molar-refractivity contribution in [3.05, 3.63) is 112 Å². The first-order valence-electron chi connectivity index (χ1n) is 14.1. The van der Waals surface area contributed by atoms with Gasteiger partial charge in [-0.05, 0) is 77.6 Å². The van der Waals surface area contributed by atoms with Crippen LogP contribution in [0.3, 0.4) is 0 Å². The maximum atomic E-state index is 13.4. The summed E-state index contributed by atoms with van der Waals surface area (Å²) in [5, 5.41) is 10.2. The van der Waals surface area contributed by atoms with Gasteiger partial charge in [0.1, 0.15) is 0 Å². The Morgan fingerprint density at radius 3 is 1.93 bits per heavy atom. The van der Waals surface area contributed by atoms with Gasteiger partial charge >= 0.3 is 6.18 Å². The second-order valence-corrected chi connectivity index (χ2v) is 11.2. The quantitative estimate of drug-likeness (QED) is 0.228. The molecule has 1 saturated heterocycles. The van der Waals surface area contributed by atoms with Crippen molar-refractivity contribution in [2.24, 2.45) is 5.92 Å². The third-order valence-electron chi connectivity index (χ3n) is 8.65. The second kappa shape index (κ2) is 12.7. The molecule has 1 heterocycles. The highest BCUT2D eigenvalue weighted by molar-refractivity contribution is 5.94. The number of nitriles is 1. The van der Waals surface area contributed by atoms with Gasteiger partial charge < -0.3 is 4.90 Å². The van der Waals surface area contributed by atoms with E-state index in [0.717, 1.165) is 45.0 Å². The smallest absolute Gasteiger partial charge is 0.303 e. The van der Waals surface area contributed by atoms with Crippen molar-refractivity contribution in [3.8, 4) is 6.07 Å². The monoisotopic (exact) mass is 576 g/mol. The van der Waals surface area contributed by atoms with Crippen LogP contribution in [0.5, 0.6) is 0 Å². The lowest BCUT2D eigenvalue weighted by molar-refractivity contribution is -0.137. The molecule has 0 radical (unpaired) electrons. The number of nitrogens with zero attached hydrogens (tertiary/aromatic N) is 2. The van der Waals surface area contributed by atoms with Gasteiger partial charge in [0.05, 0.1) is 17.0 Å². The van der Waals surface area contributed by atoms with Crippen LogP contribution in [0.15, 0.2) is 78.4 Å². The van der Waals surface area contributed by atoms with Crippen molar-refractivity contribution >= 4 is 30.1 Å². The van der Waals surface area contributed by atoms with Crippen molar-refractivity contribution in [2.75, 3.05) is 19.6 Å². The zero-order valence-electron chi connectivity index (χ0n) is 23.5. The molecule has 3 aromatic carbocycles. The molecule has 0 amide bonds. The average Bonchev–Trinajstić information content (AvgIpc) is 3.12. The van der Waals surface area contributed by atoms with E-state index in [9.17, 15) is 18.4 Å². The Balaban J connectivity index is 0.00000387. The summed E-state index contributed by atoms with van der Waals surface area (Å²) in [6, 6.07) is 24.9. The largest absolute Gasteiger partial charge is 0.416 e. The minimum atomic E-state index is -4.43. The van der Waals surface area contributed by atoms with E-state index in [4.69, 9.17) is 0 Å². The Morgan fingerprint density at radius 1 is 0.829 bits per heavy atom. The van der Waals surface area contributed by atoms with E-state index >= 15 is 0 Å². The molecule has 1 aliphatic heterocycles. The molecule has 1 atom stereocenters. The summed E-state index contributed by atoms with van der Waals surface area (Å²) in [6.45, 7) is 6.55.